The van der Waals surface area contributed by atoms with Crippen LogP contribution in [-0.2, 0) is 4.79 Å². The van der Waals surface area contributed by atoms with E-state index in [-0.39, 0.29) is 0 Å². The van der Waals surface area contributed by atoms with Gasteiger partial charge in [0.1, 0.15) is 5.82 Å². The topological polar surface area (TPSA) is 58.5 Å². The number of nitrogens with one attached hydrogen (secondary N) is 1. The third-order valence-corrected chi connectivity index (χ3v) is 1.24. The number of amides is 2. The number of aliphatic imine (C=N–C) groups is 1. The van der Waals surface area contributed by atoms with Crippen LogP contribution in [0.2, 0.25) is 0 Å². The lowest BCUT2D eigenvalue weighted by atomic mass is 10.3. The molecule has 0 aliphatic heterocycles. The number of carbonyl (C=O) groups is 1. The maximum Gasteiger partial charge on any atom is 0.356 e. The summed E-state index contributed by atoms with van der Waals surface area (Å²) in [5.41, 5.74) is 0.366. The number of nitrogens with zero attached hydrogens (tertiary/aromatic N) is 1. The van der Waals surface area contributed by atoms with Crippen LogP contribution in [0.3, 0.4) is 0 Å². The minimum absolute atomic E-state index is 0.366. The fraction of sp³-hybridized carbons (Fsp3) is 0. The van der Waals surface area contributed by atoms with Crippen molar-refractivity contribution in [3.63, 3.8) is 0 Å². The average Bonchev–Trinajstić information content (AvgIpc) is 2.09. The van der Waals surface area contributed by atoms with Crippen molar-refractivity contribution in [1.29, 1.82) is 0 Å². The van der Waals surface area contributed by atoms with Crippen LogP contribution in [0.1, 0.15) is 0 Å². The van der Waals surface area contributed by atoms with Crippen LogP contribution >= 0.6 is 0 Å². The number of isocyanates is 1. The van der Waals surface area contributed by atoms with Crippen LogP contribution in [0.15, 0.2) is 29.3 Å². The van der Waals surface area contributed by atoms with Crippen LogP contribution in [0.4, 0.5) is 14.9 Å². The lowest BCUT2D eigenvalue weighted by Gasteiger charge is -1.98. The molecule has 0 radical (unpaired) electrons. The number of halogens is 1. The molecule has 2 amide bonds. The molecule has 1 aromatic rings. The average molecular weight is 180 g/mol. The fourth-order valence-electron chi connectivity index (χ4n) is 0.726. The third kappa shape index (κ3) is 2.84. The van der Waals surface area contributed by atoms with E-state index in [9.17, 15) is 14.0 Å². The molecule has 66 valence electrons. The summed E-state index contributed by atoms with van der Waals surface area (Å²) in [6.07, 6.45) is 1.09. The van der Waals surface area contributed by atoms with E-state index < -0.39 is 11.8 Å². The van der Waals surface area contributed by atoms with Crippen LogP contribution in [-0.4, -0.2) is 12.1 Å². The van der Waals surface area contributed by atoms with Crippen molar-refractivity contribution in [3.05, 3.63) is 30.1 Å². The van der Waals surface area contributed by atoms with Gasteiger partial charge >= 0.3 is 6.03 Å². The smallest absolute Gasteiger partial charge is 0.305 e. The SMILES string of the molecule is O=C=NC(=O)Nc1ccc(F)cc1. The molecule has 5 heteroatoms. The molecular formula is C8H5FN2O2. The molecule has 0 saturated heterocycles. The number of anilines is 1. The van der Waals surface area contributed by atoms with E-state index in [0.29, 0.717) is 5.69 Å². The van der Waals surface area contributed by atoms with Crippen molar-refractivity contribution < 1.29 is 14.0 Å². The second-order valence-electron chi connectivity index (χ2n) is 2.14. The standard InChI is InChI=1S/C8H5FN2O2/c9-6-1-3-7(4-2-6)11-8(13)10-5-12/h1-4H,(H,11,13). The van der Waals surface area contributed by atoms with Gasteiger partial charge in [-0.15, -0.1) is 4.99 Å². The normalized spacial score (nSPS) is 8.69. The third-order valence-electron chi connectivity index (χ3n) is 1.24. The molecule has 1 N–H and O–H groups in total. The molecule has 0 aliphatic carbocycles. The van der Waals surface area contributed by atoms with Crippen LogP contribution in [0.25, 0.3) is 0 Å². The zero-order valence-electron chi connectivity index (χ0n) is 6.45. The highest BCUT2D eigenvalue weighted by atomic mass is 19.1. The van der Waals surface area contributed by atoms with E-state index in [1.165, 1.54) is 24.3 Å². The summed E-state index contributed by atoms with van der Waals surface area (Å²) >= 11 is 0. The lowest BCUT2D eigenvalue weighted by molar-refractivity contribution is 0.259. The Labute approximate surface area is 73.1 Å². The Hall–Kier alpha value is -2.00. The molecule has 0 aliphatic rings. The van der Waals surface area contributed by atoms with Gasteiger partial charge in [-0.25, -0.2) is 14.0 Å². The highest BCUT2D eigenvalue weighted by Crippen LogP contribution is 2.07. The summed E-state index contributed by atoms with van der Waals surface area (Å²) in [7, 11) is 0. The summed E-state index contributed by atoms with van der Waals surface area (Å²) in [5.74, 6) is -0.406. The molecule has 0 saturated carbocycles. The van der Waals surface area contributed by atoms with Gasteiger partial charge in [-0.3, -0.25) is 0 Å². The number of benzene rings is 1. The van der Waals surface area contributed by atoms with E-state index in [4.69, 9.17) is 0 Å². The van der Waals surface area contributed by atoms with E-state index in [1.807, 2.05) is 0 Å². The minimum atomic E-state index is -0.832. The van der Waals surface area contributed by atoms with Crippen molar-refractivity contribution in [2.24, 2.45) is 4.99 Å². The first-order chi connectivity index (χ1) is 6.22. The molecule has 0 aromatic heterocycles. The lowest BCUT2D eigenvalue weighted by Crippen LogP contribution is -2.05. The Morgan fingerprint density at radius 3 is 2.54 bits per heavy atom. The first-order valence-corrected chi connectivity index (χ1v) is 3.37. The second-order valence-corrected chi connectivity index (χ2v) is 2.14. The second kappa shape index (κ2) is 4.13. The van der Waals surface area contributed by atoms with E-state index >= 15 is 0 Å². The van der Waals surface area contributed by atoms with Crippen molar-refractivity contribution in [3.8, 4) is 0 Å². The summed E-state index contributed by atoms with van der Waals surface area (Å²) < 4.78 is 12.4. The van der Waals surface area contributed by atoms with Crippen molar-refractivity contribution in [2.45, 2.75) is 0 Å². The van der Waals surface area contributed by atoms with Gasteiger partial charge in [0.15, 0.2) is 0 Å². The van der Waals surface area contributed by atoms with Gasteiger partial charge in [-0.1, -0.05) is 0 Å². The fourth-order valence-corrected chi connectivity index (χ4v) is 0.726. The number of urea groups is 1. The monoisotopic (exact) mass is 180 g/mol. The van der Waals surface area contributed by atoms with Gasteiger partial charge in [0.25, 0.3) is 0 Å². The Kier molecular flexibility index (Phi) is 2.89. The Bertz CT molecular complexity index is 355. The van der Waals surface area contributed by atoms with Crippen LogP contribution in [0.5, 0.6) is 0 Å². The van der Waals surface area contributed by atoms with Gasteiger partial charge in [0.2, 0.25) is 6.08 Å². The molecule has 0 spiro atoms. The highest BCUT2D eigenvalue weighted by Gasteiger charge is 1.98. The number of hydrogen-bond donors (Lipinski definition) is 1. The van der Waals surface area contributed by atoms with E-state index in [0.717, 1.165) is 6.08 Å². The van der Waals surface area contributed by atoms with Gasteiger partial charge < -0.3 is 5.32 Å². The van der Waals surface area contributed by atoms with Gasteiger partial charge in [0.05, 0.1) is 0 Å². The number of rotatable bonds is 1. The molecule has 0 atom stereocenters. The van der Waals surface area contributed by atoms with Gasteiger partial charge in [0, 0.05) is 5.69 Å². The Balaban J connectivity index is 2.69. The summed E-state index contributed by atoms with van der Waals surface area (Å²) in [6, 6.07) is 4.24. The van der Waals surface area contributed by atoms with E-state index in [1.54, 1.807) is 0 Å². The van der Waals surface area contributed by atoms with Gasteiger partial charge in [-0.05, 0) is 24.3 Å². The number of hydrogen-bond acceptors (Lipinski definition) is 2. The molecule has 0 heterocycles. The molecule has 1 rings (SSSR count). The van der Waals surface area contributed by atoms with Crippen LogP contribution in [0, 0.1) is 5.82 Å². The minimum Gasteiger partial charge on any atom is -0.305 e. The zero-order chi connectivity index (χ0) is 9.68. The molecule has 0 fully saturated rings. The molecule has 13 heavy (non-hydrogen) atoms. The molecule has 0 unspecified atom stereocenters. The number of carbonyl (C=O) groups excluding carboxylic acids is 2. The molecule has 1 aromatic carbocycles. The van der Waals surface area contributed by atoms with Crippen molar-refractivity contribution in [1.82, 2.24) is 0 Å². The van der Waals surface area contributed by atoms with Crippen molar-refractivity contribution >= 4 is 17.8 Å². The predicted octanol–water partition coefficient (Wildman–Crippen LogP) is 1.69. The van der Waals surface area contributed by atoms with Gasteiger partial charge in [-0.2, -0.15) is 0 Å². The zero-order valence-corrected chi connectivity index (χ0v) is 6.45. The summed E-state index contributed by atoms with van der Waals surface area (Å²) in [5, 5.41) is 2.24. The predicted molar refractivity (Wildman–Crippen MR) is 43.5 cm³/mol. The first kappa shape index (κ1) is 9.09. The molecule has 4 nitrogen and oxygen atoms in total. The highest BCUT2D eigenvalue weighted by molar-refractivity contribution is 5.92. The maximum absolute atomic E-state index is 12.4. The van der Waals surface area contributed by atoms with Crippen LogP contribution < -0.4 is 5.32 Å². The largest absolute Gasteiger partial charge is 0.356 e. The quantitative estimate of drug-likeness (QED) is 0.528. The Morgan fingerprint density at radius 2 is 2.00 bits per heavy atom. The summed E-state index contributed by atoms with van der Waals surface area (Å²) in [6.45, 7) is 0. The van der Waals surface area contributed by atoms with E-state index in [2.05, 4.69) is 10.3 Å². The maximum atomic E-state index is 12.4. The summed E-state index contributed by atoms with van der Waals surface area (Å²) in [4.78, 5) is 23.1. The Morgan fingerprint density at radius 1 is 1.38 bits per heavy atom. The first-order valence-electron chi connectivity index (χ1n) is 3.37. The van der Waals surface area contributed by atoms with Crippen molar-refractivity contribution in [2.75, 3.05) is 5.32 Å². The molecule has 0 bridgehead atoms. The molecular weight excluding hydrogens is 175 g/mol.